The number of amides is 1. The third-order valence-corrected chi connectivity index (χ3v) is 4.65. The number of fused-ring (bicyclic) bond motifs is 1. The van der Waals surface area contributed by atoms with Crippen molar-refractivity contribution in [1.29, 1.82) is 0 Å². The monoisotopic (exact) mass is 395 g/mol. The minimum Gasteiger partial charge on any atom is -0.324 e. The van der Waals surface area contributed by atoms with Crippen LogP contribution in [0.2, 0.25) is 0 Å². The number of carbonyl (C=O) groups is 1. The van der Waals surface area contributed by atoms with Gasteiger partial charge in [-0.2, -0.15) is 0 Å². The SMILES string of the molecule is Cc1ccc(N2CCn3c2nn(CC(=O)Nc2cccc(F)c2)c(=O)c3=O)cc1. The first-order valence-corrected chi connectivity index (χ1v) is 9.04. The molecule has 2 aromatic carbocycles. The number of aryl methyl sites for hydroxylation is 1. The van der Waals surface area contributed by atoms with E-state index in [-0.39, 0.29) is 5.69 Å². The van der Waals surface area contributed by atoms with Crippen molar-refractivity contribution in [3.63, 3.8) is 0 Å². The van der Waals surface area contributed by atoms with Gasteiger partial charge in [0, 0.05) is 24.5 Å². The Labute approximate surface area is 164 Å². The number of rotatable bonds is 4. The summed E-state index contributed by atoms with van der Waals surface area (Å²) in [6.07, 6.45) is 0. The lowest BCUT2D eigenvalue weighted by Gasteiger charge is -2.18. The van der Waals surface area contributed by atoms with Gasteiger partial charge in [0.25, 0.3) is 0 Å². The van der Waals surface area contributed by atoms with Crippen LogP contribution in [0, 0.1) is 12.7 Å². The van der Waals surface area contributed by atoms with E-state index in [9.17, 15) is 18.8 Å². The van der Waals surface area contributed by atoms with Crippen molar-refractivity contribution in [3.8, 4) is 0 Å². The Morgan fingerprint density at radius 3 is 2.59 bits per heavy atom. The molecular formula is C20H18FN5O3. The Bertz CT molecular complexity index is 1200. The van der Waals surface area contributed by atoms with Crippen molar-refractivity contribution in [1.82, 2.24) is 14.3 Å². The smallest absolute Gasteiger partial charge is 0.324 e. The molecule has 1 N–H and O–H groups in total. The van der Waals surface area contributed by atoms with Gasteiger partial charge in [-0.05, 0) is 37.3 Å². The molecule has 148 valence electrons. The van der Waals surface area contributed by atoms with Gasteiger partial charge in [-0.25, -0.2) is 9.07 Å². The van der Waals surface area contributed by atoms with E-state index < -0.39 is 29.4 Å². The first-order valence-electron chi connectivity index (χ1n) is 9.04. The minimum absolute atomic E-state index is 0.252. The summed E-state index contributed by atoms with van der Waals surface area (Å²) >= 11 is 0. The number of halogens is 1. The number of hydrogen-bond donors (Lipinski definition) is 1. The molecule has 0 spiro atoms. The van der Waals surface area contributed by atoms with Gasteiger partial charge >= 0.3 is 11.1 Å². The zero-order valence-electron chi connectivity index (χ0n) is 15.6. The Hall–Kier alpha value is -3.75. The van der Waals surface area contributed by atoms with Crippen molar-refractivity contribution in [2.75, 3.05) is 16.8 Å². The number of nitrogens with zero attached hydrogens (tertiary/aromatic N) is 4. The minimum atomic E-state index is -0.881. The van der Waals surface area contributed by atoms with E-state index in [1.54, 1.807) is 0 Å². The van der Waals surface area contributed by atoms with E-state index in [1.807, 2.05) is 36.1 Å². The summed E-state index contributed by atoms with van der Waals surface area (Å²) in [5.41, 5.74) is 0.569. The number of benzene rings is 2. The standard InChI is InChI=1S/C20H18FN5O3/c1-13-5-7-16(8-6-13)24-9-10-25-18(28)19(29)26(23-20(24)25)12-17(27)22-15-4-2-3-14(21)11-15/h2-8,11H,9-10,12H2,1H3,(H,22,27). The van der Waals surface area contributed by atoms with Gasteiger partial charge in [-0.15, -0.1) is 5.10 Å². The Morgan fingerprint density at radius 2 is 1.86 bits per heavy atom. The Morgan fingerprint density at radius 1 is 1.10 bits per heavy atom. The van der Waals surface area contributed by atoms with Gasteiger partial charge in [-0.1, -0.05) is 23.8 Å². The molecule has 4 rings (SSSR count). The number of nitrogens with one attached hydrogen (secondary N) is 1. The third kappa shape index (κ3) is 3.66. The van der Waals surface area contributed by atoms with Crippen LogP contribution in [0.3, 0.4) is 0 Å². The van der Waals surface area contributed by atoms with Crippen LogP contribution >= 0.6 is 0 Å². The molecule has 0 fully saturated rings. The van der Waals surface area contributed by atoms with Crippen molar-refractivity contribution < 1.29 is 9.18 Å². The van der Waals surface area contributed by atoms with Crippen molar-refractivity contribution in [2.45, 2.75) is 20.0 Å². The summed E-state index contributed by atoms with van der Waals surface area (Å²) in [5, 5.41) is 6.74. The fourth-order valence-electron chi connectivity index (χ4n) is 3.20. The molecule has 1 aromatic heterocycles. The van der Waals surface area contributed by atoms with E-state index >= 15 is 0 Å². The van der Waals surface area contributed by atoms with Gasteiger partial charge in [0.1, 0.15) is 12.4 Å². The lowest BCUT2D eigenvalue weighted by Crippen LogP contribution is -2.44. The number of aromatic nitrogens is 3. The largest absolute Gasteiger partial charge is 0.333 e. The predicted molar refractivity (Wildman–Crippen MR) is 106 cm³/mol. The second kappa shape index (κ2) is 7.34. The Kier molecular flexibility index (Phi) is 4.71. The molecule has 2 heterocycles. The average molecular weight is 395 g/mol. The van der Waals surface area contributed by atoms with Crippen LogP contribution in [0.15, 0.2) is 58.1 Å². The molecule has 1 aliphatic rings. The van der Waals surface area contributed by atoms with E-state index in [0.717, 1.165) is 22.0 Å². The van der Waals surface area contributed by atoms with Gasteiger partial charge in [-0.3, -0.25) is 19.0 Å². The summed E-state index contributed by atoms with van der Waals surface area (Å²) in [4.78, 5) is 39.0. The lowest BCUT2D eigenvalue weighted by molar-refractivity contribution is -0.117. The summed E-state index contributed by atoms with van der Waals surface area (Å²) < 4.78 is 15.4. The first-order chi connectivity index (χ1) is 13.9. The van der Waals surface area contributed by atoms with Crippen LogP contribution in [-0.4, -0.2) is 26.8 Å². The molecule has 0 aliphatic carbocycles. The molecular weight excluding hydrogens is 377 g/mol. The molecule has 9 heteroatoms. The maximum absolute atomic E-state index is 13.3. The molecule has 29 heavy (non-hydrogen) atoms. The van der Waals surface area contributed by atoms with Crippen LogP contribution in [0.25, 0.3) is 0 Å². The number of hydrogen-bond acceptors (Lipinski definition) is 5. The van der Waals surface area contributed by atoms with Crippen molar-refractivity contribution in [2.24, 2.45) is 0 Å². The summed E-state index contributed by atoms with van der Waals surface area (Å²) in [6, 6.07) is 13.1. The number of anilines is 3. The maximum Gasteiger partial charge on any atom is 0.333 e. The van der Waals surface area contributed by atoms with Crippen LogP contribution in [-0.2, 0) is 17.9 Å². The second-order valence-corrected chi connectivity index (χ2v) is 6.77. The van der Waals surface area contributed by atoms with Crippen molar-refractivity contribution in [3.05, 3.63) is 80.6 Å². The van der Waals surface area contributed by atoms with Gasteiger partial charge < -0.3 is 10.2 Å². The fourth-order valence-corrected chi connectivity index (χ4v) is 3.20. The van der Waals surface area contributed by atoms with Gasteiger partial charge in [0.2, 0.25) is 11.9 Å². The van der Waals surface area contributed by atoms with Gasteiger partial charge in [0.15, 0.2) is 0 Å². The van der Waals surface area contributed by atoms with Crippen molar-refractivity contribution >= 4 is 23.2 Å². The van der Waals surface area contributed by atoms with Crippen LogP contribution in [0.1, 0.15) is 5.56 Å². The fraction of sp³-hybridized carbons (Fsp3) is 0.200. The highest BCUT2D eigenvalue weighted by molar-refractivity contribution is 5.90. The highest BCUT2D eigenvalue weighted by atomic mass is 19.1. The molecule has 0 saturated carbocycles. The average Bonchev–Trinajstić information content (AvgIpc) is 3.10. The topological polar surface area (TPSA) is 89.2 Å². The molecule has 0 saturated heterocycles. The van der Waals surface area contributed by atoms with E-state index in [1.165, 1.54) is 22.8 Å². The van der Waals surface area contributed by atoms with Gasteiger partial charge in [0.05, 0.1) is 0 Å². The first kappa shape index (κ1) is 18.6. The number of carbonyl (C=O) groups excluding carboxylic acids is 1. The van der Waals surface area contributed by atoms with E-state index in [0.29, 0.717) is 19.0 Å². The molecule has 3 aromatic rings. The molecule has 0 radical (unpaired) electrons. The summed E-state index contributed by atoms with van der Waals surface area (Å²) in [6.45, 7) is 2.34. The molecule has 1 aliphatic heterocycles. The zero-order valence-corrected chi connectivity index (χ0v) is 15.6. The van der Waals surface area contributed by atoms with E-state index in [2.05, 4.69) is 10.4 Å². The highest BCUT2D eigenvalue weighted by Crippen LogP contribution is 2.26. The molecule has 0 bridgehead atoms. The lowest BCUT2D eigenvalue weighted by atomic mass is 10.2. The summed E-state index contributed by atoms with van der Waals surface area (Å²) in [5.74, 6) is -0.783. The molecule has 1 amide bonds. The quantitative estimate of drug-likeness (QED) is 0.679. The summed E-state index contributed by atoms with van der Waals surface area (Å²) in [7, 11) is 0. The zero-order chi connectivity index (χ0) is 20.5. The van der Waals surface area contributed by atoms with Crippen LogP contribution in [0.5, 0.6) is 0 Å². The van der Waals surface area contributed by atoms with Crippen LogP contribution in [0.4, 0.5) is 21.7 Å². The molecule has 0 atom stereocenters. The molecule has 8 nitrogen and oxygen atoms in total. The second-order valence-electron chi connectivity index (χ2n) is 6.77. The Balaban J connectivity index is 1.63. The highest BCUT2D eigenvalue weighted by Gasteiger charge is 2.26. The predicted octanol–water partition coefficient (Wildman–Crippen LogP) is 1.64. The molecule has 0 unspecified atom stereocenters. The third-order valence-electron chi connectivity index (χ3n) is 4.65. The van der Waals surface area contributed by atoms with Crippen LogP contribution < -0.4 is 21.3 Å². The van der Waals surface area contributed by atoms with E-state index in [4.69, 9.17) is 0 Å². The normalized spacial score (nSPS) is 12.7. The maximum atomic E-state index is 13.3.